The van der Waals surface area contributed by atoms with Crippen molar-refractivity contribution < 1.29 is 9.53 Å². The summed E-state index contributed by atoms with van der Waals surface area (Å²) in [4.78, 5) is 16.9. The molecule has 11 heavy (non-hydrogen) atoms. The molecule has 4 nitrogen and oxygen atoms in total. The third-order valence-electron chi connectivity index (χ3n) is 1.22. The van der Waals surface area contributed by atoms with Crippen LogP contribution in [0.5, 0.6) is 0 Å². The summed E-state index contributed by atoms with van der Waals surface area (Å²) in [6.07, 6.45) is 2.21. The third kappa shape index (κ3) is 2.16. The first-order valence-electron chi connectivity index (χ1n) is 3.43. The van der Waals surface area contributed by atoms with Crippen LogP contribution in [0.4, 0.5) is 0 Å². The molecular weight excluding hydrogens is 144 g/mol. The monoisotopic (exact) mass is 154 g/mol. The molecule has 0 aliphatic rings. The normalized spacial score (nSPS) is 9.91. The summed E-state index contributed by atoms with van der Waals surface area (Å²) in [6, 6.07) is 0. The Labute approximate surface area is 64.6 Å². The molecule has 1 aromatic heterocycles. The molecule has 0 fully saturated rings. The van der Waals surface area contributed by atoms with Crippen LogP contribution in [0.2, 0.25) is 0 Å². The van der Waals surface area contributed by atoms with Crippen molar-refractivity contribution in [2.75, 3.05) is 6.61 Å². The van der Waals surface area contributed by atoms with E-state index in [0.29, 0.717) is 24.7 Å². The molecule has 0 amide bonds. The number of aromatic amines is 1. The minimum absolute atomic E-state index is 0.435. The lowest BCUT2D eigenvalue weighted by molar-refractivity contribution is 0.111. The van der Waals surface area contributed by atoms with Gasteiger partial charge in [-0.1, -0.05) is 0 Å². The van der Waals surface area contributed by atoms with Crippen LogP contribution in [0.1, 0.15) is 23.2 Å². The van der Waals surface area contributed by atoms with Crippen LogP contribution in [0.3, 0.4) is 0 Å². The first-order valence-corrected chi connectivity index (χ1v) is 3.43. The SMILES string of the molecule is CCOCc1ncc(C=O)[nH]1. The fourth-order valence-electron chi connectivity index (χ4n) is 0.711. The smallest absolute Gasteiger partial charge is 0.167 e. The largest absolute Gasteiger partial charge is 0.374 e. The van der Waals surface area contributed by atoms with Crippen LogP contribution in [-0.4, -0.2) is 22.9 Å². The molecule has 0 atom stereocenters. The Morgan fingerprint density at radius 1 is 1.82 bits per heavy atom. The van der Waals surface area contributed by atoms with Crippen molar-refractivity contribution >= 4 is 6.29 Å². The van der Waals surface area contributed by atoms with E-state index in [1.807, 2.05) is 6.92 Å². The average molecular weight is 154 g/mol. The molecule has 0 radical (unpaired) electrons. The number of nitrogens with zero attached hydrogens (tertiary/aromatic N) is 1. The molecule has 0 aliphatic carbocycles. The molecule has 4 heteroatoms. The number of rotatable bonds is 4. The summed E-state index contributed by atoms with van der Waals surface area (Å²) in [7, 11) is 0. The Balaban J connectivity index is 2.51. The van der Waals surface area contributed by atoms with E-state index in [4.69, 9.17) is 4.74 Å². The van der Waals surface area contributed by atoms with E-state index in [9.17, 15) is 4.79 Å². The molecule has 1 N–H and O–H groups in total. The maximum Gasteiger partial charge on any atom is 0.167 e. The minimum Gasteiger partial charge on any atom is -0.374 e. The molecule has 0 aromatic carbocycles. The molecule has 1 heterocycles. The van der Waals surface area contributed by atoms with Crippen LogP contribution < -0.4 is 0 Å². The van der Waals surface area contributed by atoms with Crippen molar-refractivity contribution in [2.24, 2.45) is 0 Å². The van der Waals surface area contributed by atoms with Crippen LogP contribution >= 0.6 is 0 Å². The van der Waals surface area contributed by atoms with Crippen molar-refractivity contribution in [2.45, 2.75) is 13.5 Å². The van der Waals surface area contributed by atoms with Gasteiger partial charge < -0.3 is 9.72 Å². The molecule has 0 spiro atoms. The van der Waals surface area contributed by atoms with Gasteiger partial charge in [-0.15, -0.1) is 0 Å². The number of H-pyrrole nitrogens is 1. The lowest BCUT2D eigenvalue weighted by Crippen LogP contribution is -1.93. The second kappa shape index (κ2) is 3.88. The second-order valence-electron chi connectivity index (χ2n) is 2.04. The van der Waals surface area contributed by atoms with Gasteiger partial charge in [-0.2, -0.15) is 0 Å². The van der Waals surface area contributed by atoms with Crippen LogP contribution in [0.15, 0.2) is 6.20 Å². The standard InChI is InChI=1S/C7H10N2O2/c1-2-11-5-7-8-3-6(4-10)9-7/h3-4H,2,5H2,1H3,(H,8,9). The highest BCUT2D eigenvalue weighted by molar-refractivity contribution is 5.71. The van der Waals surface area contributed by atoms with E-state index in [0.717, 1.165) is 6.29 Å². The number of hydrogen-bond donors (Lipinski definition) is 1. The Hall–Kier alpha value is -1.16. The number of carbonyl (C=O) groups is 1. The summed E-state index contributed by atoms with van der Waals surface area (Å²) >= 11 is 0. The van der Waals surface area contributed by atoms with E-state index >= 15 is 0 Å². The van der Waals surface area contributed by atoms with E-state index in [2.05, 4.69) is 9.97 Å². The second-order valence-corrected chi connectivity index (χ2v) is 2.04. The summed E-state index contributed by atoms with van der Waals surface area (Å²) in [6.45, 7) is 2.99. The van der Waals surface area contributed by atoms with Crippen molar-refractivity contribution in [3.05, 3.63) is 17.7 Å². The Morgan fingerprint density at radius 2 is 2.64 bits per heavy atom. The molecular formula is C7H10N2O2. The minimum atomic E-state index is 0.435. The zero-order chi connectivity index (χ0) is 8.10. The number of aromatic nitrogens is 2. The number of hydrogen-bond acceptors (Lipinski definition) is 3. The maximum atomic E-state index is 10.2. The Bertz CT molecular complexity index is 232. The van der Waals surface area contributed by atoms with E-state index in [1.54, 1.807) is 0 Å². The third-order valence-corrected chi connectivity index (χ3v) is 1.22. The number of aldehydes is 1. The van der Waals surface area contributed by atoms with Crippen LogP contribution in [0, 0.1) is 0 Å². The molecule has 0 aliphatic heterocycles. The van der Waals surface area contributed by atoms with Crippen molar-refractivity contribution in [3.8, 4) is 0 Å². The zero-order valence-electron chi connectivity index (χ0n) is 6.33. The summed E-state index contributed by atoms with van der Waals surface area (Å²) in [5.74, 6) is 0.689. The van der Waals surface area contributed by atoms with Gasteiger partial charge in [-0.3, -0.25) is 4.79 Å². The Morgan fingerprint density at radius 3 is 3.18 bits per heavy atom. The van der Waals surface area contributed by atoms with Gasteiger partial charge in [0.05, 0.1) is 11.9 Å². The van der Waals surface area contributed by atoms with Gasteiger partial charge in [-0.05, 0) is 6.92 Å². The highest BCUT2D eigenvalue weighted by Crippen LogP contribution is 1.95. The van der Waals surface area contributed by atoms with Crippen molar-refractivity contribution in [1.82, 2.24) is 9.97 Å². The molecule has 60 valence electrons. The predicted octanol–water partition coefficient (Wildman–Crippen LogP) is 0.759. The van der Waals surface area contributed by atoms with E-state index in [1.165, 1.54) is 6.20 Å². The van der Waals surface area contributed by atoms with Gasteiger partial charge in [-0.25, -0.2) is 4.98 Å². The van der Waals surface area contributed by atoms with Gasteiger partial charge in [0.1, 0.15) is 12.4 Å². The summed E-state index contributed by atoms with van der Waals surface area (Å²) in [5, 5.41) is 0. The number of ether oxygens (including phenoxy) is 1. The zero-order valence-corrected chi connectivity index (χ0v) is 6.33. The molecule has 0 unspecified atom stereocenters. The summed E-state index contributed by atoms with van der Waals surface area (Å²) in [5.41, 5.74) is 0.486. The molecule has 1 rings (SSSR count). The average Bonchev–Trinajstić information content (AvgIpc) is 2.48. The van der Waals surface area contributed by atoms with E-state index in [-0.39, 0.29) is 0 Å². The van der Waals surface area contributed by atoms with Gasteiger partial charge >= 0.3 is 0 Å². The number of carbonyl (C=O) groups excluding carboxylic acids is 1. The highest BCUT2D eigenvalue weighted by atomic mass is 16.5. The van der Waals surface area contributed by atoms with Gasteiger partial charge in [0.15, 0.2) is 6.29 Å². The van der Waals surface area contributed by atoms with Crippen molar-refractivity contribution in [3.63, 3.8) is 0 Å². The first kappa shape index (κ1) is 7.94. The molecule has 0 saturated heterocycles. The topological polar surface area (TPSA) is 55.0 Å². The number of nitrogens with one attached hydrogen (secondary N) is 1. The highest BCUT2D eigenvalue weighted by Gasteiger charge is 1.97. The van der Waals surface area contributed by atoms with Gasteiger partial charge in [0.25, 0.3) is 0 Å². The van der Waals surface area contributed by atoms with Gasteiger partial charge in [0.2, 0.25) is 0 Å². The van der Waals surface area contributed by atoms with Crippen LogP contribution in [0.25, 0.3) is 0 Å². The number of imidazole rings is 1. The molecule has 0 saturated carbocycles. The van der Waals surface area contributed by atoms with E-state index < -0.39 is 0 Å². The molecule has 0 bridgehead atoms. The van der Waals surface area contributed by atoms with Crippen LogP contribution in [-0.2, 0) is 11.3 Å². The first-order chi connectivity index (χ1) is 5.36. The fourth-order valence-corrected chi connectivity index (χ4v) is 0.711. The summed E-state index contributed by atoms with van der Waals surface area (Å²) < 4.78 is 5.07. The Kier molecular flexibility index (Phi) is 2.80. The maximum absolute atomic E-state index is 10.2. The lowest BCUT2D eigenvalue weighted by atomic mass is 10.5. The quantitative estimate of drug-likeness (QED) is 0.651. The lowest BCUT2D eigenvalue weighted by Gasteiger charge is -1.94. The van der Waals surface area contributed by atoms with Gasteiger partial charge in [0, 0.05) is 6.61 Å². The molecule has 1 aromatic rings. The fraction of sp³-hybridized carbons (Fsp3) is 0.429. The van der Waals surface area contributed by atoms with Crippen molar-refractivity contribution in [1.29, 1.82) is 0 Å². The predicted molar refractivity (Wildman–Crippen MR) is 39.3 cm³/mol.